The van der Waals surface area contributed by atoms with Gasteiger partial charge in [-0.2, -0.15) is 5.10 Å². The highest BCUT2D eigenvalue weighted by Crippen LogP contribution is 2.25. The van der Waals surface area contributed by atoms with Crippen LogP contribution in [0.25, 0.3) is 0 Å². The number of hydrogen-bond acceptors (Lipinski definition) is 3. The first kappa shape index (κ1) is 12.6. The lowest BCUT2D eigenvalue weighted by molar-refractivity contribution is 0.190. The number of ether oxygens (including phenoxy) is 1. The van der Waals surface area contributed by atoms with Crippen molar-refractivity contribution in [3.63, 3.8) is 0 Å². The second-order valence-corrected chi connectivity index (χ2v) is 4.21. The minimum Gasteiger partial charge on any atom is -0.488 e. The van der Waals surface area contributed by atoms with E-state index in [1.807, 2.05) is 42.1 Å². The fraction of sp³-hybridized carbons (Fsp3) is 0.357. The Bertz CT molecular complexity index is 506. The van der Waals surface area contributed by atoms with Crippen molar-refractivity contribution in [3.05, 3.63) is 47.8 Å². The monoisotopic (exact) mass is 246 g/mol. The van der Waals surface area contributed by atoms with Crippen LogP contribution in [-0.2, 0) is 13.2 Å². The summed E-state index contributed by atoms with van der Waals surface area (Å²) in [6, 6.07) is 7.53. The van der Waals surface area contributed by atoms with Crippen molar-refractivity contribution in [3.8, 4) is 5.75 Å². The molecule has 0 fully saturated rings. The molecule has 0 aliphatic heterocycles. The maximum atomic E-state index is 9.65. The van der Waals surface area contributed by atoms with Gasteiger partial charge in [-0.15, -0.1) is 0 Å². The number of nitrogens with zero attached hydrogens (tertiary/aromatic N) is 2. The highest BCUT2D eigenvalue weighted by molar-refractivity contribution is 5.34. The van der Waals surface area contributed by atoms with Crippen molar-refractivity contribution in [2.45, 2.75) is 33.1 Å². The number of para-hydroxylation sites is 1. The number of rotatable bonds is 5. The van der Waals surface area contributed by atoms with Gasteiger partial charge in [0.05, 0.1) is 12.3 Å². The zero-order valence-electron chi connectivity index (χ0n) is 10.7. The highest BCUT2D eigenvalue weighted by Gasteiger charge is 2.08. The highest BCUT2D eigenvalue weighted by atomic mass is 16.5. The molecule has 0 saturated carbocycles. The molecule has 1 aromatic carbocycles. The molecule has 0 aliphatic carbocycles. The number of aliphatic hydroxyl groups excluding tert-OH is 1. The van der Waals surface area contributed by atoms with Gasteiger partial charge in [0.2, 0.25) is 0 Å². The molecular formula is C14H18N2O2. The molecule has 0 bridgehead atoms. The Hall–Kier alpha value is -1.81. The first-order valence-corrected chi connectivity index (χ1v) is 6.12. The molecule has 1 aromatic heterocycles. The van der Waals surface area contributed by atoms with E-state index in [1.54, 1.807) is 13.1 Å². The third-order valence-corrected chi connectivity index (χ3v) is 2.77. The van der Waals surface area contributed by atoms with Gasteiger partial charge in [-0.3, -0.25) is 4.68 Å². The third-order valence-electron chi connectivity index (χ3n) is 2.77. The summed E-state index contributed by atoms with van der Waals surface area (Å²) >= 11 is 0. The van der Waals surface area contributed by atoms with Crippen molar-refractivity contribution in [2.24, 2.45) is 0 Å². The molecule has 0 amide bonds. The average molecular weight is 246 g/mol. The Kier molecular flexibility index (Phi) is 3.99. The first-order valence-electron chi connectivity index (χ1n) is 6.12. The molecule has 1 unspecified atom stereocenters. The normalized spacial score (nSPS) is 12.4. The summed E-state index contributed by atoms with van der Waals surface area (Å²) in [6.07, 6.45) is 3.24. The van der Waals surface area contributed by atoms with E-state index >= 15 is 0 Å². The topological polar surface area (TPSA) is 47.3 Å². The number of hydrogen-bond donors (Lipinski definition) is 1. The van der Waals surface area contributed by atoms with E-state index in [9.17, 15) is 5.11 Å². The molecule has 0 radical (unpaired) electrons. The van der Waals surface area contributed by atoms with Gasteiger partial charge in [0.15, 0.2) is 0 Å². The van der Waals surface area contributed by atoms with Crippen molar-refractivity contribution in [1.29, 1.82) is 0 Å². The van der Waals surface area contributed by atoms with E-state index < -0.39 is 6.10 Å². The van der Waals surface area contributed by atoms with Crippen LogP contribution in [0.5, 0.6) is 5.75 Å². The minimum absolute atomic E-state index is 0.462. The van der Waals surface area contributed by atoms with Crippen molar-refractivity contribution in [1.82, 2.24) is 9.78 Å². The summed E-state index contributed by atoms with van der Waals surface area (Å²) in [6.45, 7) is 5.09. The van der Waals surface area contributed by atoms with Crippen LogP contribution in [0.3, 0.4) is 0 Å². The minimum atomic E-state index is -0.528. The summed E-state index contributed by atoms with van der Waals surface area (Å²) < 4.78 is 7.59. The predicted octanol–water partition coefficient (Wildman–Crippen LogP) is 2.54. The summed E-state index contributed by atoms with van der Waals surface area (Å²) in [4.78, 5) is 0. The Morgan fingerprint density at radius 2 is 2.17 bits per heavy atom. The second kappa shape index (κ2) is 5.69. The zero-order valence-corrected chi connectivity index (χ0v) is 10.7. The quantitative estimate of drug-likeness (QED) is 0.882. The molecule has 4 heteroatoms. The van der Waals surface area contributed by atoms with Gasteiger partial charge in [0.1, 0.15) is 12.4 Å². The third kappa shape index (κ3) is 2.90. The SMILES string of the molecule is CCn1cc(COc2ccccc2C(C)O)cn1. The van der Waals surface area contributed by atoms with Crippen LogP contribution >= 0.6 is 0 Å². The number of aromatic nitrogens is 2. The van der Waals surface area contributed by atoms with Gasteiger partial charge >= 0.3 is 0 Å². The Balaban J connectivity index is 2.05. The fourth-order valence-corrected chi connectivity index (χ4v) is 1.77. The molecule has 0 aliphatic rings. The standard InChI is InChI=1S/C14H18N2O2/c1-3-16-9-12(8-15-16)10-18-14-7-5-4-6-13(14)11(2)17/h4-9,11,17H,3,10H2,1-2H3. The van der Waals surface area contributed by atoms with E-state index in [2.05, 4.69) is 5.10 Å². The van der Waals surface area contributed by atoms with Crippen LogP contribution < -0.4 is 4.74 Å². The summed E-state index contributed by atoms with van der Waals surface area (Å²) in [7, 11) is 0. The average Bonchev–Trinajstić information content (AvgIpc) is 2.84. The lowest BCUT2D eigenvalue weighted by Crippen LogP contribution is -2.00. The van der Waals surface area contributed by atoms with E-state index in [-0.39, 0.29) is 0 Å². The maximum Gasteiger partial charge on any atom is 0.125 e. The van der Waals surface area contributed by atoms with Crippen molar-refractivity contribution < 1.29 is 9.84 Å². The molecular weight excluding hydrogens is 228 g/mol. The summed E-state index contributed by atoms with van der Waals surface area (Å²) in [5.41, 5.74) is 1.83. The van der Waals surface area contributed by atoms with E-state index in [4.69, 9.17) is 4.74 Å². The van der Waals surface area contributed by atoms with Gasteiger partial charge in [-0.25, -0.2) is 0 Å². The van der Waals surface area contributed by atoms with Crippen molar-refractivity contribution in [2.75, 3.05) is 0 Å². The molecule has 0 saturated heterocycles. The molecule has 1 heterocycles. The fourth-order valence-electron chi connectivity index (χ4n) is 1.77. The Labute approximate surface area is 107 Å². The molecule has 0 spiro atoms. The van der Waals surface area contributed by atoms with Crippen LogP contribution in [0.1, 0.15) is 31.1 Å². The van der Waals surface area contributed by atoms with E-state index in [0.717, 1.165) is 23.4 Å². The molecule has 96 valence electrons. The van der Waals surface area contributed by atoms with E-state index in [0.29, 0.717) is 6.61 Å². The molecule has 2 aromatic rings. The molecule has 1 N–H and O–H groups in total. The molecule has 1 atom stereocenters. The van der Waals surface area contributed by atoms with E-state index in [1.165, 1.54) is 0 Å². The van der Waals surface area contributed by atoms with Gasteiger partial charge in [-0.1, -0.05) is 18.2 Å². The number of aliphatic hydroxyl groups is 1. The zero-order chi connectivity index (χ0) is 13.0. The number of aryl methyl sites for hydroxylation is 1. The van der Waals surface area contributed by atoms with Gasteiger partial charge < -0.3 is 9.84 Å². The maximum absolute atomic E-state index is 9.65. The van der Waals surface area contributed by atoms with Crippen LogP contribution in [0.2, 0.25) is 0 Å². The molecule has 4 nitrogen and oxygen atoms in total. The molecule has 2 rings (SSSR count). The number of benzene rings is 1. The van der Waals surface area contributed by atoms with Crippen LogP contribution in [0.15, 0.2) is 36.7 Å². The smallest absolute Gasteiger partial charge is 0.125 e. The second-order valence-electron chi connectivity index (χ2n) is 4.21. The Morgan fingerprint density at radius 1 is 1.39 bits per heavy atom. The lowest BCUT2D eigenvalue weighted by atomic mass is 10.1. The van der Waals surface area contributed by atoms with Crippen LogP contribution in [-0.4, -0.2) is 14.9 Å². The first-order chi connectivity index (χ1) is 8.70. The van der Waals surface area contributed by atoms with Gasteiger partial charge in [0.25, 0.3) is 0 Å². The van der Waals surface area contributed by atoms with Gasteiger partial charge in [0, 0.05) is 23.9 Å². The van der Waals surface area contributed by atoms with Crippen LogP contribution in [0.4, 0.5) is 0 Å². The molecule has 18 heavy (non-hydrogen) atoms. The largest absolute Gasteiger partial charge is 0.488 e. The summed E-state index contributed by atoms with van der Waals surface area (Å²) in [5, 5.41) is 13.8. The summed E-state index contributed by atoms with van der Waals surface area (Å²) in [5.74, 6) is 0.719. The Morgan fingerprint density at radius 3 is 2.83 bits per heavy atom. The van der Waals surface area contributed by atoms with Gasteiger partial charge in [-0.05, 0) is 19.9 Å². The predicted molar refractivity (Wildman–Crippen MR) is 69.3 cm³/mol. The van der Waals surface area contributed by atoms with Crippen molar-refractivity contribution >= 4 is 0 Å². The van der Waals surface area contributed by atoms with Crippen LogP contribution in [0, 0.1) is 0 Å². The lowest BCUT2D eigenvalue weighted by Gasteiger charge is -2.12.